The molecule has 0 aliphatic heterocycles. The van der Waals surface area contributed by atoms with Crippen LogP contribution in [0.2, 0.25) is 0 Å². The van der Waals surface area contributed by atoms with Crippen molar-refractivity contribution in [1.29, 1.82) is 0 Å². The van der Waals surface area contributed by atoms with Gasteiger partial charge in [0.05, 0.1) is 0 Å². The van der Waals surface area contributed by atoms with Gasteiger partial charge in [-0.3, -0.25) is 16.0 Å². The fourth-order valence-corrected chi connectivity index (χ4v) is 0. The second kappa shape index (κ2) is 3.29. The molecule has 0 aliphatic rings. The molecule has 0 aromatic rings. The third-order valence-electron chi connectivity index (χ3n) is 0.556. The molecule has 52 valence electrons. The van der Waals surface area contributed by atoms with E-state index in [0.29, 0.717) is 0 Å². The van der Waals surface area contributed by atoms with E-state index in [4.69, 9.17) is 16.0 Å². The fraction of sp³-hybridized carbons (Fsp3) is 1.00. The van der Waals surface area contributed by atoms with Crippen LogP contribution in [-0.4, -0.2) is 47.5 Å². The van der Waals surface area contributed by atoms with E-state index in [9.17, 15) is 8.42 Å². The standard InChI is InChI=1S/C2H8N2O3S.Na.H/c1-2(3,4)8(5,6)7;;/h3-4H2,1H3,(H,5,6,7);;. The Morgan fingerprint density at radius 3 is 1.56 bits per heavy atom. The summed E-state index contributed by atoms with van der Waals surface area (Å²) in [6, 6.07) is 0. The number of rotatable bonds is 1. The molecule has 0 saturated heterocycles. The van der Waals surface area contributed by atoms with Gasteiger partial charge in [0.15, 0.2) is 4.99 Å². The first-order valence-electron chi connectivity index (χ1n) is 1.80. The van der Waals surface area contributed by atoms with E-state index < -0.39 is 15.1 Å². The maximum absolute atomic E-state index is 9.96. The Morgan fingerprint density at radius 1 is 1.44 bits per heavy atom. The van der Waals surface area contributed by atoms with Crippen LogP contribution in [0.25, 0.3) is 0 Å². The Kier molecular flexibility index (Phi) is 4.57. The second-order valence-corrected chi connectivity index (χ2v) is 3.49. The minimum atomic E-state index is -4.28. The maximum atomic E-state index is 9.96. The molecular formula is C2H9N2NaO3S. The van der Waals surface area contributed by atoms with Crippen LogP contribution in [0.3, 0.4) is 0 Å². The van der Waals surface area contributed by atoms with Crippen LogP contribution < -0.4 is 11.5 Å². The fourth-order valence-electron chi connectivity index (χ4n) is 0. The molecule has 5 N–H and O–H groups in total. The number of hydrogen-bond acceptors (Lipinski definition) is 4. The predicted octanol–water partition coefficient (Wildman–Crippen LogP) is -2.18. The molecule has 0 saturated carbocycles. The van der Waals surface area contributed by atoms with Crippen LogP contribution in [0.1, 0.15) is 6.92 Å². The average Bonchev–Trinajstić information content (AvgIpc) is 1.25. The van der Waals surface area contributed by atoms with Crippen molar-refractivity contribution >= 4 is 39.7 Å². The predicted molar refractivity (Wildman–Crippen MR) is 35.5 cm³/mol. The number of nitrogens with two attached hydrogens (primary N) is 2. The zero-order chi connectivity index (χ0) is 7.00. The first kappa shape index (κ1) is 12.5. The van der Waals surface area contributed by atoms with Gasteiger partial charge in [-0.25, -0.2) is 0 Å². The molecule has 0 radical (unpaired) electrons. The van der Waals surface area contributed by atoms with E-state index >= 15 is 0 Å². The van der Waals surface area contributed by atoms with Crippen molar-refractivity contribution in [2.75, 3.05) is 0 Å². The Morgan fingerprint density at radius 2 is 1.56 bits per heavy atom. The van der Waals surface area contributed by atoms with Crippen molar-refractivity contribution in [3.05, 3.63) is 0 Å². The molecule has 0 aromatic heterocycles. The molecule has 0 aromatic carbocycles. The first-order valence-corrected chi connectivity index (χ1v) is 3.24. The molecule has 0 bridgehead atoms. The Bertz CT molecular complexity index is 169. The van der Waals surface area contributed by atoms with Crippen LogP contribution in [0.15, 0.2) is 0 Å². The second-order valence-electron chi connectivity index (χ2n) is 1.66. The van der Waals surface area contributed by atoms with Gasteiger partial charge in [-0.15, -0.1) is 0 Å². The molecule has 0 spiro atoms. The molecule has 0 atom stereocenters. The summed E-state index contributed by atoms with van der Waals surface area (Å²) in [4.78, 5) is -2.03. The molecule has 0 rings (SSSR count). The van der Waals surface area contributed by atoms with Gasteiger partial charge in [0.25, 0.3) is 10.1 Å². The molecule has 0 fully saturated rings. The molecule has 9 heavy (non-hydrogen) atoms. The van der Waals surface area contributed by atoms with Crippen molar-refractivity contribution in [2.24, 2.45) is 11.5 Å². The Hall–Kier alpha value is 0.830. The van der Waals surface area contributed by atoms with Crippen LogP contribution in [-0.2, 0) is 10.1 Å². The van der Waals surface area contributed by atoms with Gasteiger partial charge in [-0.2, -0.15) is 8.42 Å². The van der Waals surface area contributed by atoms with Gasteiger partial charge in [0, 0.05) is 0 Å². The SMILES string of the molecule is CC(N)(N)S(=O)(=O)O.[NaH]. The van der Waals surface area contributed by atoms with Crippen molar-refractivity contribution in [3.63, 3.8) is 0 Å². The van der Waals surface area contributed by atoms with Crippen LogP contribution >= 0.6 is 0 Å². The summed E-state index contributed by atoms with van der Waals surface area (Å²) in [7, 11) is -4.28. The normalized spacial score (nSPS) is 12.4. The third-order valence-corrected chi connectivity index (χ3v) is 1.67. The van der Waals surface area contributed by atoms with Gasteiger partial charge < -0.3 is 0 Å². The summed E-state index contributed by atoms with van der Waals surface area (Å²) in [6.07, 6.45) is 0. The molecule has 0 aliphatic carbocycles. The molecule has 0 amide bonds. The summed E-state index contributed by atoms with van der Waals surface area (Å²) in [5.74, 6) is 0. The van der Waals surface area contributed by atoms with Crippen LogP contribution in [0, 0.1) is 0 Å². The number of hydrogen-bond donors (Lipinski definition) is 3. The minimum absolute atomic E-state index is 0. The molecular weight excluding hydrogens is 155 g/mol. The summed E-state index contributed by atoms with van der Waals surface area (Å²) in [5, 5.41) is 0. The Balaban J connectivity index is 0. The van der Waals surface area contributed by atoms with E-state index in [0.717, 1.165) is 6.92 Å². The topological polar surface area (TPSA) is 106 Å². The first-order chi connectivity index (χ1) is 3.25. The van der Waals surface area contributed by atoms with Gasteiger partial charge >= 0.3 is 29.6 Å². The summed E-state index contributed by atoms with van der Waals surface area (Å²) in [6.45, 7) is 0.988. The third kappa shape index (κ3) is 4.26. The Labute approximate surface area is 75.8 Å². The van der Waals surface area contributed by atoms with E-state index in [1.54, 1.807) is 0 Å². The van der Waals surface area contributed by atoms with Crippen LogP contribution in [0.5, 0.6) is 0 Å². The van der Waals surface area contributed by atoms with Crippen molar-refractivity contribution in [3.8, 4) is 0 Å². The van der Waals surface area contributed by atoms with Crippen LogP contribution in [0.4, 0.5) is 0 Å². The quantitative estimate of drug-likeness (QED) is 0.232. The zero-order valence-electron chi connectivity index (χ0n) is 4.33. The average molecular weight is 164 g/mol. The van der Waals surface area contributed by atoms with Gasteiger partial charge in [-0.1, -0.05) is 0 Å². The van der Waals surface area contributed by atoms with Crippen molar-refractivity contribution in [1.82, 2.24) is 0 Å². The van der Waals surface area contributed by atoms with E-state index in [2.05, 4.69) is 0 Å². The van der Waals surface area contributed by atoms with Gasteiger partial charge in [0.1, 0.15) is 0 Å². The molecule has 7 heteroatoms. The van der Waals surface area contributed by atoms with Gasteiger partial charge in [-0.05, 0) is 6.92 Å². The van der Waals surface area contributed by atoms with E-state index in [1.807, 2.05) is 0 Å². The molecule has 5 nitrogen and oxygen atoms in total. The van der Waals surface area contributed by atoms with E-state index in [1.165, 1.54) is 0 Å². The molecule has 0 heterocycles. The summed E-state index contributed by atoms with van der Waals surface area (Å²) in [5.41, 5.74) is 9.50. The van der Waals surface area contributed by atoms with Crippen molar-refractivity contribution < 1.29 is 13.0 Å². The van der Waals surface area contributed by atoms with E-state index in [-0.39, 0.29) is 29.6 Å². The summed E-state index contributed by atoms with van der Waals surface area (Å²) >= 11 is 0. The van der Waals surface area contributed by atoms with Gasteiger partial charge in [0.2, 0.25) is 0 Å². The van der Waals surface area contributed by atoms with Crippen molar-refractivity contribution in [2.45, 2.75) is 11.9 Å². The zero-order valence-corrected chi connectivity index (χ0v) is 5.14. The monoisotopic (exact) mass is 164 g/mol. The molecule has 0 unspecified atom stereocenters. The summed E-state index contributed by atoms with van der Waals surface area (Å²) < 4.78 is 28.0.